The Morgan fingerprint density at radius 2 is 1.81 bits per heavy atom. The lowest BCUT2D eigenvalue weighted by Crippen LogP contribution is -2.28. The van der Waals surface area contributed by atoms with Gasteiger partial charge >= 0.3 is 0 Å². The number of hydrogen-bond donors (Lipinski definition) is 1. The van der Waals surface area contributed by atoms with Gasteiger partial charge in [0.15, 0.2) is 0 Å². The monoisotopic (exact) mass is 345 g/mol. The average molecular weight is 345 g/mol. The average Bonchev–Trinajstić information content (AvgIpc) is 2.65. The van der Waals surface area contributed by atoms with Crippen molar-refractivity contribution in [2.75, 3.05) is 5.32 Å². The van der Waals surface area contributed by atoms with E-state index in [2.05, 4.69) is 34.6 Å². The van der Waals surface area contributed by atoms with Gasteiger partial charge in [-0.05, 0) is 54.5 Å². The summed E-state index contributed by atoms with van der Waals surface area (Å²) >= 11 is 0. The van der Waals surface area contributed by atoms with E-state index in [1.54, 1.807) is 0 Å². The summed E-state index contributed by atoms with van der Waals surface area (Å²) < 4.78 is 13.3. The van der Waals surface area contributed by atoms with Crippen LogP contribution in [0.1, 0.15) is 41.9 Å². The summed E-state index contributed by atoms with van der Waals surface area (Å²) in [7, 11) is 0. The van der Waals surface area contributed by atoms with Crippen molar-refractivity contribution in [1.82, 2.24) is 9.97 Å². The van der Waals surface area contributed by atoms with E-state index in [4.69, 9.17) is 4.98 Å². The molecule has 0 radical (unpaired) electrons. The summed E-state index contributed by atoms with van der Waals surface area (Å²) in [6.07, 6.45) is 6.47. The highest BCUT2D eigenvalue weighted by Crippen LogP contribution is 2.41. The van der Waals surface area contributed by atoms with Crippen LogP contribution < -0.4 is 5.32 Å². The second kappa shape index (κ2) is 6.20. The second-order valence-electron chi connectivity index (χ2n) is 7.24. The molecule has 0 saturated heterocycles. The molecule has 1 saturated carbocycles. The molecule has 130 valence electrons. The first-order chi connectivity index (χ1) is 12.8. The normalized spacial score (nSPS) is 18.6. The predicted octanol–water partition coefficient (Wildman–Crippen LogP) is 4.94. The second-order valence-corrected chi connectivity index (χ2v) is 7.24. The zero-order chi connectivity index (χ0) is 17.5. The van der Waals surface area contributed by atoms with E-state index in [9.17, 15) is 4.39 Å². The van der Waals surface area contributed by atoms with Gasteiger partial charge in [-0.2, -0.15) is 0 Å². The maximum absolute atomic E-state index is 13.3. The fourth-order valence-corrected chi connectivity index (χ4v) is 3.93. The summed E-state index contributed by atoms with van der Waals surface area (Å²) in [5.41, 5.74) is 5.70. The van der Waals surface area contributed by atoms with Crippen LogP contribution in [0.4, 0.5) is 10.3 Å². The molecular weight excluding hydrogens is 325 g/mol. The first kappa shape index (κ1) is 15.5. The Morgan fingerprint density at radius 3 is 2.58 bits per heavy atom. The number of nitrogens with zero attached hydrogens (tertiary/aromatic N) is 2. The molecule has 0 spiro atoms. The molecule has 26 heavy (non-hydrogen) atoms. The maximum atomic E-state index is 13.3. The summed E-state index contributed by atoms with van der Waals surface area (Å²) in [5.74, 6) is 0.727. The summed E-state index contributed by atoms with van der Waals surface area (Å²) in [6.45, 7) is 0. The minimum Gasteiger partial charge on any atom is -0.351 e. The Balaban J connectivity index is 1.56. The fourth-order valence-electron chi connectivity index (χ4n) is 3.93. The zero-order valence-corrected chi connectivity index (χ0v) is 14.5. The largest absolute Gasteiger partial charge is 0.351 e. The minimum absolute atomic E-state index is 0.201. The van der Waals surface area contributed by atoms with Crippen LogP contribution >= 0.6 is 0 Å². The zero-order valence-electron chi connectivity index (χ0n) is 14.5. The standard InChI is InChI=1S/C22H20FN3/c23-16-10-8-14(9-11-16)20-12-15-13-24-22(25-17-4-3-5-17)26-21(15)19-7-2-1-6-18(19)20/h1-2,6-11,13,17,20H,3-5,12H2,(H,24,25,26). The van der Waals surface area contributed by atoms with Crippen molar-refractivity contribution in [3.63, 3.8) is 0 Å². The SMILES string of the molecule is Fc1ccc(C2Cc3cnc(NC4CCC4)nc3-c3ccccc32)cc1. The van der Waals surface area contributed by atoms with E-state index in [0.29, 0.717) is 6.04 Å². The van der Waals surface area contributed by atoms with Gasteiger partial charge in [0, 0.05) is 23.7 Å². The molecule has 0 amide bonds. The van der Waals surface area contributed by atoms with Gasteiger partial charge in [0.05, 0.1) is 5.69 Å². The van der Waals surface area contributed by atoms with Crippen LogP contribution in [-0.4, -0.2) is 16.0 Å². The third-order valence-electron chi connectivity index (χ3n) is 5.59. The Morgan fingerprint density at radius 1 is 1.00 bits per heavy atom. The van der Waals surface area contributed by atoms with Gasteiger partial charge in [0.25, 0.3) is 0 Å². The lowest BCUT2D eigenvalue weighted by Gasteiger charge is -2.29. The summed E-state index contributed by atoms with van der Waals surface area (Å²) in [6, 6.07) is 15.8. The number of nitrogens with one attached hydrogen (secondary N) is 1. The topological polar surface area (TPSA) is 37.8 Å². The Labute approximate surface area is 152 Å². The van der Waals surface area contributed by atoms with Crippen molar-refractivity contribution >= 4 is 5.95 Å². The quantitative estimate of drug-likeness (QED) is 0.731. The summed E-state index contributed by atoms with van der Waals surface area (Å²) in [4.78, 5) is 9.38. The number of halogens is 1. The van der Waals surface area contributed by atoms with Crippen molar-refractivity contribution < 1.29 is 4.39 Å². The van der Waals surface area contributed by atoms with Gasteiger partial charge in [0.1, 0.15) is 5.82 Å². The van der Waals surface area contributed by atoms with Gasteiger partial charge in [-0.3, -0.25) is 0 Å². The lowest BCUT2D eigenvalue weighted by molar-refractivity contribution is 0.443. The van der Waals surface area contributed by atoms with Crippen LogP contribution in [0.15, 0.2) is 54.7 Å². The molecule has 2 aromatic carbocycles. The smallest absolute Gasteiger partial charge is 0.223 e. The van der Waals surface area contributed by atoms with Gasteiger partial charge in [0.2, 0.25) is 5.95 Å². The Bertz CT molecular complexity index is 948. The molecule has 2 aliphatic rings. The fraction of sp³-hybridized carbons (Fsp3) is 0.273. The van der Waals surface area contributed by atoms with Crippen molar-refractivity contribution in [3.05, 3.63) is 77.2 Å². The predicted molar refractivity (Wildman–Crippen MR) is 101 cm³/mol. The van der Waals surface area contributed by atoms with E-state index in [0.717, 1.165) is 34.8 Å². The minimum atomic E-state index is -0.201. The van der Waals surface area contributed by atoms with Crippen molar-refractivity contribution in [1.29, 1.82) is 0 Å². The van der Waals surface area contributed by atoms with Crippen LogP contribution in [0, 0.1) is 5.82 Å². The third-order valence-corrected chi connectivity index (χ3v) is 5.59. The van der Waals surface area contributed by atoms with E-state index >= 15 is 0 Å². The molecule has 2 aliphatic carbocycles. The Kier molecular flexibility index (Phi) is 3.70. The van der Waals surface area contributed by atoms with Gasteiger partial charge in [-0.25, -0.2) is 14.4 Å². The number of fused-ring (bicyclic) bond motifs is 3. The van der Waals surface area contributed by atoms with E-state index in [-0.39, 0.29) is 11.7 Å². The van der Waals surface area contributed by atoms with Crippen molar-refractivity contribution in [2.24, 2.45) is 0 Å². The van der Waals surface area contributed by atoms with Crippen molar-refractivity contribution in [3.8, 4) is 11.3 Å². The molecule has 1 heterocycles. The lowest BCUT2D eigenvalue weighted by atomic mass is 9.78. The molecule has 1 fully saturated rings. The molecule has 1 unspecified atom stereocenters. The summed E-state index contributed by atoms with van der Waals surface area (Å²) in [5, 5.41) is 3.44. The molecule has 1 atom stereocenters. The van der Waals surface area contributed by atoms with E-state index < -0.39 is 0 Å². The number of hydrogen-bond acceptors (Lipinski definition) is 3. The third kappa shape index (κ3) is 2.66. The first-order valence-corrected chi connectivity index (χ1v) is 9.25. The number of benzene rings is 2. The Hall–Kier alpha value is -2.75. The van der Waals surface area contributed by atoms with Crippen LogP contribution in [0.3, 0.4) is 0 Å². The highest BCUT2D eigenvalue weighted by molar-refractivity contribution is 5.72. The van der Waals surface area contributed by atoms with Crippen LogP contribution in [-0.2, 0) is 6.42 Å². The number of anilines is 1. The molecule has 3 nitrogen and oxygen atoms in total. The maximum Gasteiger partial charge on any atom is 0.223 e. The van der Waals surface area contributed by atoms with Gasteiger partial charge in [-0.1, -0.05) is 36.4 Å². The van der Waals surface area contributed by atoms with Crippen molar-refractivity contribution in [2.45, 2.75) is 37.6 Å². The molecule has 0 aliphatic heterocycles. The molecule has 4 heteroatoms. The highest BCUT2D eigenvalue weighted by Gasteiger charge is 2.28. The molecular formula is C22H20FN3. The molecule has 1 aromatic heterocycles. The molecule has 0 bridgehead atoms. The van der Waals surface area contributed by atoms with E-state index in [1.165, 1.54) is 37.0 Å². The first-order valence-electron chi connectivity index (χ1n) is 9.25. The van der Waals surface area contributed by atoms with Crippen LogP contribution in [0.2, 0.25) is 0 Å². The van der Waals surface area contributed by atoms with Crippen LogP contribution in [0.5, 0.6) is 0 Å². The molecule has 1 N–H and O–H groups in total. The van der Waals surface area contributed by atoms with E-state index in [1.807, 2.05) is 18.3 Å². The van der Waals surface area contributed by atoms with Gasteiger partial charge < -0.3 is 5.32 Å². The molecule has 3 aromatic rings. The molecule has 5 rings (SSSR count). The number of aromatic nitrogens is 2. The number of rotatable bonds is 3. The van der Waals surface area contributed by atoms with Gasteiger partial charge in [-0.15, -0.1) is 0 Å². The van der Waals surface area contributed by atoms with Crippen LogP contribution in [0.25, 0.3) is 11.3 Å². The highest BCUT2D eigenvalue weighted by atomic mass is 19.1.